The predicted octanol–water partition coefficient (Wildman–Crippen LogP) is 4.11. The predicted molar refractivity (Wildman–Crippen MR) is 67.1 cm³/mol. The van der Waals surface area contributed by atoms with Crippen LogP contribution in [0.4, 0.5) is 4.39 Å². The number of halogens is 1. The van der Waals surface area contributed by atoms with Gasteiger partial charge in [0.15, 0.2) is 11.6 Å². The summed E-state index contributed by atoms with van der Waals surface area (Å²) in [6, 6.07) is 12.2. The second-order valence-corrected chi connectivity index (χ2v) is 4.05. The molecule has 2 rings (SSSR count). The summed E-state index contributed by atoms with van der Waals surface area (Å²) in [5.74, 6) is 0.148. The number of benzene rings is 2. The zero-order valence-corrected chi connectivity index (χ0v) is 10.2. The van der Waals surface area contributed by atoms with Gasteiger partial charge in [-0.3, -0.25) is 0 Å². The van der Waals surface area contributed by atoms with Crippen molar-refractivity contribution in [1.29, 1.82) is 5.26 Å². The monoisotopic (exact) mass is 241 g/mol. The highest BCUT2D eigenvalue weighted by Gasteiger charge is 2.11. The largest absolute Gasteiger partial charge is 0.453 e. The maximum absolute atomic E-state index is 13.8. The van der Waals surface area contributed by atoms with E-state index < -0.39 is 5.82 Å². The number of para-hydroxylation sites is 1. The van der Waals surface area contributed by atoms with Crippen LogP contribution < -0.4 is 4.74 Å². The molecule has 0 aliphatic rings. The molecular formula is C15H12FNO. The van der Waals surface area contributed by atoms with E-state index in [0.717, 1.165) is 5.56 Å². The Hall–Kier alpha value is -2.34. The molecule has 0 aliphatic heterocycles. The van der Waals surface area contributed by atoms with Crippen LogP contribution in [-0.2, 0) is 0 Å². The molecule has 0 bridgehead atoms. The molecule has 90 valence electrons. The molecule has 0 unspecified atom stereocenters. The normalized spacial score (nSPS) is 9.89. The number of rotatable bonds is 2. The van der Waals surface area contributed by atoms with Gasteiger partial charge in [0.05, 0.1) is 5.56 Å². The van der Waals surface area contributed by atoms with E-state index in [4.69, 9.17) is 10.00 Å². The molecule has 0 fully saturated rings. The molecule has 0 amide bonds. The lowest BCUT2D eigenvalue weighted by Gasteiger charge is -2.11. The maximum Gasteiger partial charge on any atom is 0.168 e. The van der Waals surface area contributed by atoms with Gasteiger partial charge < -0.3 is 4.74 Å². The highest BCUT2D eigenvalue weighted by Crippen LogP contribution is 2.31. The first-order chi connectivity index (χ1) is 8.63. The SMILES string of the molecule is Cc1cccc(Oc2c(C)cccc2C#N)c1F. The van der Waals surface area contributed by atoms with E-state index in [1.165, 1.54) is 0 Å². The summed E-state index contributed by atoms with van der Waals surface area (Å²) in [7, 11) is 0. The Morgan fingerprint density at radius 2 is 1.72 bits per heavy atom. The number of hydrogen-bond donors (Lipinski definition) is 0. The van der Waals surface area contributed by atoms with Crippen LogP contribution >= 0.6 is 0 Å². The van der Waals surface area contributed by atoms with Crippen LogP contribution in [0, 0.1) is 31.0 Å². The Bertz CT molecular complexity index is 629. The zero-order chi connectivity index (χ0) is 13.1. The fourth-order valence-electron chi connectivity index (χ4n) is 1.69. The Balaban J connectivity index is 2.47. The molecule has 0 heterocycles. The van der Waals surface area contributed by atoms with E-state index in [0.29, 0.717) is 16.9 Å². The second kappa shape index (κ2) is 4.89. The number of nitrogens with zero attached hydrogens (tertiary/aromatic N) is 1. The number of ether oxygens (including phenoxy) is 1. The van der Waals surface area contributed by atoms with Crippen LogP contribution in [0.1, 0.15) is 16.7 Å². The minimum Gasteiger partial charge on any atom is -0.453 e. The van der Waals surface area contributed by atoms with Crippen molar-refractivity contribution in [3.8, 4) is 17.6 Å². The lowest BCUT2D eigenvalue weighted by Crippen LogP contribution is -1.95. The van der Waals surface area contributed by atoms with Gasteiger partial charge in [-0.15, -0.1) is 0 Å². The van der Waals surface area contributed by atoms with E-state index in [2.05, 4.69) is 0 Å². The fourth-order valence-corrected chi connectivity index (χ4v) is 1.69. The molecule has 18 heavy (non-hydrogen) atoms. The summed E-state index contributed by atoms with van der Waals surface area (Å²) >= 11 is 0. The molecule has 0 saturated carbocycles. The third kappa shape index (κ3) is 2.18. The first-order valence-corrected chi connectivity index (χ1v) is 5.56. The van der Waals surface area contributed by atoms with Gasteiger partial charge >= 0.3 is 0 Å². The van der Waals surface area contributed by atoms with Gasteiger partial charge in [-0.2, -0.15) is 5.26 Å². The van der Waals surface area contributed by atoms with Crippen molar-refractivity contribution in [2.24, 2.45) is 0 Å². The van der Waals surface area contributed by atoms with E-state index >= 15 is 0 Å². The highest BCUT2D eigenvalue weighted by molar-refractivity contribution is 5.50. The summed E-state index contributed by atoms with van der Waals surface area (Å²) in [6.45, 7) is 3.50. The molecule has 0 saturated heterocycles. The minimum absolute atomic E-state index is 0.140. The molecule has 0 N–H and O–H groups in total. The van der Waals surface area contributed by atoms with Crippen molar-refractivity contribution in [3.63, 3.8) is 0 Å². The number of aryl methyl sites for hydroxylation is 2. The van der Waals surface area contributed by atoms with Crippen molar-refractivity contribution in [1.82, 2.24) is 0 Å². The highest BCUT2D eigenvalue weighted by atomic mass is 19.1. The van der Waals surface area contributed by atoms with E-state index in [9.17, 15) is 4.39 Å². The lowest BCUT2D eigenvalue weighted by atomic mass is 10.1. The number of nitriles is 1. The third-order valence-electron chi connectivity index (χ3n) is 2.70. The van der Waals surface area contributed by atoms with Gasteiger partial charge in [-0.25, -0.2) is 4.39 Å². The van der Waals surface area contributed by atoms with Gasteiger partial charge in [-0.1, -0.05) is 24.3 Å². The van der Waals surface area contributed by atoms with Crippen LogP contribution in [0.5, 0.6) is 11.5 Å². The molecule has 0 aromatic heterocycles. The average Bonchev–Trinajstić information content (AvgIpc) is 2.37. The van der Waals surface area contributed by atoms with Gasteiger partial charge in [0.25, 0.3) is 0 Å². The van der Waals surface area contributed by atoms with E-state index in [-0.39, 0.29) is 5.75 Å². The molecule has 0 aliphatic carbocycles. The summed E-state index contributed by atoms with van der Waals surface area (Å²) in [5, 5.41) is 9.02. The third-order valence-corrected chi connectivity index (χ3v) is 2.70. The molecular weight excluding hydrogens is 229 g/mol. The van der Waals surface area contributed by atoms with Gasteiger partial charge in [0, 0.05) is 0 Å². The van der Waals surface area contributed by atoms with E-state index in [1.54, 1.807) is 37.3 Å². The smallest absolute Gasteiger partial charge is 0.168 e. The quantitative estimate of drug-likeness (QED) is 0.792. The van der Waals surface area contributed by atoms with Crippen LogP contribution in [0.15, 0.2) is 36.4 Å². The molecule has 0 atom stereocenters. The van der Waals surface area contributed by atoms with Gasteiger partial charge in [-0.05, 0) is 37.1 Å². The molecule has 3 heteroatoms. The first kappa shape index (κ1) is 12.1. The van der Waals surface area contributed by atoms with Crippen LogP contribution in [0.2, 0.25) is 0 Å². The molecule has 2 nitrogen and oxygen atoms in total. The van der Waals surface area contributed by atoms with Crippen molar-refractivity contribution >= 4 is 0 Å². The molecule has 0 spiro atoms. The minimum atomic E-state index is -0.398. The Labute approximate surface area is 105 Å². The lowest BCUT2D eigenvalue weighted by molar-refractivity contribution is 0.436. The standard InChI is InChI=1S/C15H12FNO/c1-10-5-4-8-13(14(10)16)18-15-11(2)6-3-7-12(15)9-17/h3-8H,1-2H3. The van der Waals surface area contributed by atoms with Crippen LogP contribution in [0.3, 0.4) is 0 Å². The zero-order valence-electron chi connectivity index (χ0n) is 10.2. The van der Waals surface area contributed by atoms with Crippen molar-refractivity contribution < 1.29 is 9.13 Å². The summed E-state index contributed by atoms with van der Waals surface area (Å²) in [5.41, 5.74) is 1.71. The van der Waals surface area contributed by atoms with Gasteiger partial charge in [0.1, 0.15) is 11.8 Å². The second-order valence-electron chi connectivity index (χ2n) is 4.05. The fraction of sp³-hybridized carbons (Fsp3) is 0.133. The van der Waals surface area contributed by atoms with Crippen LogP contribution in [0.25, 0.3) is 0 Å². The molecule has 2 aromatic rings. The topological polar surface area (TPSA) is 33.0 Å². The number of hydrogen-bond acceptors (Lipinski definition) is 2. The van der Waals surface area contributed by atoms with Crippen molar-refractivity contribution in [3.05, 3.63) is 58.9 Å². The Morgan fingerprint density at radius 3 is 2.44 bits per heavy atom. The Morgan fingerprint density at radius 1 is 1.06 bits per heavy atom. The Kier molecular flexibility index (Phi) is 3.29. The first-order valence-electron chi connectivity index (χ1n) is 5.56. The summed E-state index contributed by atoms with van der Waals surface area (Å²) < 4.78 is 19.4. The van der Waals surface area contributed by atoms with Crippen molar-refractivity contribution in [2.75, 3.05) is 0 Å². The summed E-state index contributed by atoms with van der Waals surface area (Å²) in [4.78, 5) is 0. The van der Waals surface area contributed by atoms with Gasteiger partial charge in [0.2, 0.25) is 0 Å². The maximum atomic E-state index is 13.8. The van der Waals surface area contributed by atoms with Crippen LogP contribution in [-0.4, -0.2) is 0 Å². The van der Waals surface area contributed by atoms with Crippen molar-refractivity contribution in [2.45, 2.75) is 13.8 Å². The molecule has 2 aromatic carbocycles. The molecule has 0 radical (unpaired) electrons. The van der Waals surface area contributed by atoms with E-state index in [1.807, 2.05) is 19.1 Å². The summed E-state index contributed by atoms with van der Waals surface area (Å²) in [6.07, 6.45) is 0. The average molecular weight is 241 g/mol.